The Balaban J connectivity index is 2.27. The number of nitrogens with zero attached hydrogens (tertiary/aromatic N) is 1. The Bertz CT molecular complexity index is 365. The van der Waals surface area contributed by atoms with Crippen LogP contribution < -0.4 is 10.4 Å². The monoisotopic (exact) mass is 192 g/mol. The first kappa shape index (κ1) is 9.02. The predicted octanol–water partition coefficient (Wildman–Crippen LogP) is 1.02. The lowest BCUT2D eigenvalue weighted by Crippen LogP contribution is -2.36. The fourth-order valence-corrected chi connectivity index (χ4v) is 1.54. The molecule has 1 fully saturated rings. The topological polar surface area (TPSA) is 52.6 Å². The first-order valence-electron chi connectivity index (χ1n) is 4.55. The third-order valence-electron chi connectivity index (χ3n) is 2.17. The van der Waals surface area contributed by atoms with Gasteiger partial charge in [0.15, 0.2) is 0 Å². The number of nitrogens with one attached hydrogen (secondary N) is 1. The summed E-state index contributed by atoms with van der Waals surface area (Å²) in [6.07, 6.45) is 0.496. The Morgan fingerprint density at radius 2 is 2.36 bits per heavy atom. The van der Waals surface area contributed by atoms with Crippen LogP contribution in [0.4, 0.5) is 5.69 Å². The third-order valence-corrected chi connectivity index (χ3v) is 2.17. The van der Waals surface area contributed by atoms with Crippen molar-refractivity contribution in [3.63, 3.8) is 0 Å². The Hall–Kier alpha value is -1.55. The third kappa shape index (κ3) is 1.56. The Kier molecular flexibility index (Phi) is 2.13. The predicted molar refractivity (Wildman–Crippen MR) is 52.8 cm³/mol. The fourth-order valence-electron chi connectivity index (χ4n) is 1.54. The van der Waals surface area contributed by atoms with Gasteiger partial charge in [-0.15, -0.1) is 0 Å². The second-order valence-electron chi connectivity index (χ2n) is 3.48. The van der Waals surface area contributed by atoms with Gasteiger partial charge in [0.25, 0.3) is 0 Å². The average Bonchev–Trinajstić information content (AvgIpc) is 2.45. The highest BCUT2D eigenvalue weighted by Gasteiger charge is 2.27. The number of carbonyl (C=O) groups is 1. The summed E-state index contributed by atoms with van der Waals surface area (Å²) < 4.78 is 0. The molecule has 2 N–H and O–H groups in total. The zero-order valence-corrected chi connectivity index (χ0v) is 7.90. The van der Waals surface area contributed by atoms with Crippen LogP contribution in [0.1, 0.15) is 13.3 Å². The molecule has 14 heavy (non-hydrogen) atoms. The van der Waals surface area contributed by atoms with E-state index in [-0.39, 0.29) is 17.7 Å². The lowest BCUT2D eigenvalue weighted by atomic mass is 10.2. The van der Waals surface area contributed by atoms with Crippen molar-refractivity contribution in [2.24, 2.45) is 0 Å². The SMILES string of the molecule is CC1CC(=O)N(c2cccc(O)c2)N1. The summed E-state index contributed by atoms with van der Waals surface area (Å²) >= 11 is 0. The molecule has 0 saturated carbocycles. The molecule has 1 unspecified atom stereocenters. The molecule has 2 rings (SSSR count). The smallest absolute Gasteiger partial charge is 0.242 e. The molecule has 74 valence electrons. The van der Waals surface area contributed by atoms with Gasteiger partial charge < -0.3 is 5.11 Å². The molecule has 1 atom stereocenters. The molecule has 1 amide bonds. The number of carbonyl (C=O) groups excluding carboxylic acids is 1. The summed E-state index contributed by atoms with van der Waals surface area (Å²) in [5.74, 6) is 0.194. The molecule has 0 spiro atoms. The van der Waals surface area contributed by atoms with Crippen LogP contribution in [0.25, 0.3) is 0 Å². The van der Waals surface area contributed by atoms with Gasteiger partial charge in [-0.05, 0) is 19.1 Å². The van der Waals surface area contributed by atoms with Crippen LogP contribution in [0, 0.1) is 0 Å². The lowest BCUT2D eigenvalue weighted by molar-refractivity contribution is -0.117. The van der Waals surface area contributed by atoms with Crippen LogP contribution in [0.5, 0.6) is 5.75 Å². The van der Waals surface area contributed by atoms with E-state index in [9.17, 15) is 9.90 Å². The van der Waals surface area contributed by atoms with Gasteiger partial charge in [0.1, 0.15) is 5.75 Å². The van der Waals surface area contributed by atoms with Gasteiger partial charge in [0.05, 0.1) is 5.69 Å². The molecule has 4 heteroatoms. The van der Waals surface area contributed by atoms with E-state index >= 15 is 0 Å². The zero-order chi connectivity index (χ0) is 10.1. The lowest BCUT2D eigenvalue weighted by Gasteiger charge is -2.16. The summed E-state index contributed by atoms with van der Waals surface area (Å²) in [5.41, 5.74) is 3.70. The maximum atomic E-state index is 11.5. The van der Waals surface area contributed by atoms with E-state index < -0.39 is 0 Å². The summed E-state index contributed by atoms with van der Waals surface area (Å²) in [5, 5.41) is 10.7. The van der Waals surface area contributed by atoms with Crippen LogP contribution in [-0.4, -0.2) is 17.1 Å². The molecule has 1 saturated heterocycles. The summed E-state index contributed by atoms with van der Waals surface area (Å²) in [7, 11) is 0. The summed E-state index contributed by atoms with van der Waals surface area (Å²) in [6.45, 7) is 1.95. The second kappa shape index (κ2) is 3.31. The molecule has 0 radical (unpaired) electrons. The van der Waals surface area contributed by atoms with Crippen LogP contribution >= 0.6 is 0 Å². The van der Waals surface area contributed by atoms with Crippen molar-refractivity contribution in [3.05, 3.63) is 24.3 Å². The molecular weight excluding hydrogens is 180 g/mol. The number of hydrogen-bond donors (Lipinski definition) is 2. The van der Waals surface area contributed by atoms with Gasteiger partial charge >= 0.3 is 0 Å². The van der Waals surface area contributed by atoms with Crippen molar-refractivity contribution in [2.75, 3.05) is 5.01 Å². The van der Waals surface area contributed by atoms with Gasteiger partial charge in [0, 0.05) is 18.5 Å². The van der Waals surface area contributed by atoms with Crippen LogP contribution in [0.15, 0.2) is 24.3 Å². The first-order chi connectivity index (χ1) is 6.66. The van der Waals surface area contributed by atoms with Crippen LogP contribution in [-0.2, 0) is 4.79 Å². The molecule has 1 heterocycles. The van der Waals surface area contributed by atoms with E-state index in [4.69, 9.17) is 0 Å². The zero-order valence-electron chi connectivity index (χ0n) is 7.90. The average molecular weight is 192 g/mol. The van der Waals surface area contributed by atoms with Gasteiger partial charge in [-0.3, -0.25) is 4.79 Å². The Morgan fingerprint density at radius 3 is 2.93 bits per heavy atom. The molecule has 1 aliphatic heterocycles. The number of hydrogen-bond acceptors (Lipinski definition) is 3. The number of amides is 1. The first-order valence-corrected chi connectivity index (χ1v) is 4.55. The number of hydrazine groups is 1. The standard InChI is InChI=1S/C10H12N2O2/c1-7-5-10(14)12(11-7)8-3-2-4-9(13)6-8/h2-4,6-7,11,13H,5H2,1H3. The largest absolute Gasteiger partial charge is 0.508 e. The molecule has 1 aromatic rings. The number of phenolic OH excluding ortho intramolecular Hbond substituents is 1. The molecular formula is C10H12N2O2. The highest BCUT2D eigenvalue weighted by atomic mass is 16.3. The number of rotatable bonds is 1. The highest BCUT2D eigenvalue weighted by molar-refractivity contribution is 5.94. The molecule has 0 aromatic heterocycles. The maximum absolute atomic E-state index is 11.5. The Morgan fingerprint density at radius 1 is 1.57 bits per heavy atom. The van der Waals surface area contributed by atoms with E-state index in [1.165, 1.54) is 5.01 Å². The summed E-state index contributed by atoms with van der Waals surface area (Å²) in [4.78, 5) is 11.5. The van der Waals surface area contributed by atoms with Crippen molar-refractivity contribution in [1.29, 1.82) is 0 Å². The van der Waals surface area contributed by atoms with Gasteiger partial charge in [0.2, 0.25) is 5.91 Å². The van der Waals surface area contributed by atoms with Crippen molar-refractivity contribution in [2.45, 2.75) is 19.4 Å². The number of benzene rings is 1. The molecule has 1 aromatic carbocycles. The van der Waals surface area contributed by atoms with E-state index in [0.717, 1.165) is 0 Å². The minimum atomic E-state index is 0.0306. The normalized spacial score (nSPS) is 21.6. The summed E-state index contributed by atoms with van der Waals surface area (Å²) in [6, 6.07) is 6.78. The molecule has 0 aliphatic carbocycles. The van der Waals surface area contributed by atoms with E-state index in [1.807, 2.05) is 6.92 Å². The van der Waals surface area contributed by atoms with Crippen molar-refractivity contribution in [3.8, 4) is 5.75 Å². The molecule has 1 aliphatic rings. The number of anilines is 1. The van der Waals surface area contributed by atoms with Crippen molar-refractivity contribution < 1.29 is 9.90 Å². The quantitative estimate of drug-likeness (QED) is 0.698. The van der Waals surface area contributed by atoms with Crippen LogP contribution in [0.3, 0.4) is 0 Å². The van der Waals surface area contributed by atoms with Gasteiger partial charge in [-0.1, -0.05) is 6.07 Å². The minimum absolute atomic E-state index is 0.0306. The van der Waals surface area contributed by atoms with Crippen molar-refractivity contribution in [1.82, 2.24) is 5.43 Å². The van der Waals surface area contributed by atoms with Crippen LogP contribution in [0.2, 0.25) is 0 Å². The fraction of sp³-hybridized carbons (Fsp3) is 0.300. The van der Waals surface area contributed by atoms with Gasteiger partial charge in [-0.25, -0.2) is 10.4 Å². The maximum Gasteiger partial charge on any atom is 0.242 e. The van der Waals surface area contributed by atoms with E-state index in [1.54, 1.807) is 24.3 Å². The number of aromatic hydroxyl groups is 1. The van der Waals surface area contributed by atoms with E-state index in [0.29, 0.717) is 12.1 Å². The second-order valence-corrected chi connectivity index (χ2v) is 3.48. The van der Waals surface area contributed by atoms with Crippen molar-refractivity contribution >= 4 is 11.6 Å². The minimum Gasteiger partial charge on any atom is -0.508 e. The molecule has 4 nitrogen and oxygen atoms in total. The Labute approximate surface area is 82.1 Å². The molecule has 0 bridgehead atoms. The van der Waals surface area contributed by atoms with Gasteiger partial charge in [-0.2, -0.15) is 0 Å². The highest BCUT2D eigenvalue weighted by Crippen LogP contribution is 2.22. The van der Waals surface area contributed by atoms with E-state index in [2.05, 4.69) is 5.43 Å². The number of phenols is 1.